The molecule has 0 atom stereocenters. The van der Waals surface area contributed by atoms with Crippen molar-refractivity contribution >= 4 is 10.1 Å². The Morgan fingerprint density at radius 2 is 1.48 bits per heavy atom. The first-order valence-corrected chi connectivity index (χ1v) is 8.63. The van der Waals surface area contributed by atoms with Gasteiger partial charge in [-0.15, -0.1) is 0 Å². The summed E-state index contributed by atoms with van der Waals surface area (Å²) in [5.74, 6) is 0.600. The second kappa shape index (κ2) is 11.5. The Bertz CT molecular complexity index is 471. The molecule has 6 heteroatoms. The van der Waals surface area contributed by atoms with Crippen LogP contribution in [-0.2, 0) is 10.1 Å². The first-order chi connectivity index (χ1) is 9.54. The zero-order valence-corrected chi connectivity index (χ0v) is 15.8. The van der Waals surface area contributed by atoms with Crippen molar-refractivity contribution in [3.63, 3.8) is 0 Å². The quantitative estimate of drug-likeness (QED) is 0.362. The summed E-state index contributed by atoms with van der Waals surface area (Å²) in [6.45, 7) is 2.83. The topological polar surface area (TPSA) is 66.4 Å². The molecule has 4 nitrogen and oxygen atoms in total. The van der Waals surface area contributed by atoms with Gasteiger partial charge in [0.2, 0.25) is 0 Å². The fraction of sp³-hybridized carbons (Fsp3) is 0.600. The van der Waals surface area contributed by atoms with E-state index in [9.17, 15) is 13.0 Å². The largest absolute Gasteiger partial charge is 1.00 e. The second-order valence-corrected chi connectivity index (χ2v) is 6.27. The van der Waals surface area contributed by atoms with Crippen LogP contribution in [0, 0.1) is 0 Å². The predicted octanol–water partition coefficient (Wildman–Crippen LogP) is 0.724. The average molecular weight is 322 g/mol. The minimum Gasteiger partial charge on any atom is -0.744 e. The molecule has 1 aromatic rings. The number of unbranched alkanes of at least 4 members (excludes halogenated alkanes) is 6. The zero-order chi connectivity index (χ0) is 14.8. The number of rotatable bonds is 10. The molecule has 1 rings (SSSR count). The van der Waals surface area contributed by atoms with Crippen LogP contribution < -0.4 is 34.3 Å². The van der Waals surface area contributed by atoms with Gasteiger partial charge in [0.1, 0.15) is 15.9 Å². The number of hydrogen-bond donors (Lipinski definition) is 0. The number of benzene rings is 1. The van der Waals surface area contributed by atoms with E-state index in [-0.39, 0.29) is 34.5 Å². The molecule has 114 valence electrons. The predicted molar refractivity (Wildman–Crippen MR) is 77.9 cm³/mol. The molecule has 0 aromatic heterocycles. The van der Waals surface area contributed by atoms with Gasteiger partial charge in [-0.05, 0) is 30.7 Å². The Kier molecular flexibility index (Phi) is 11.5. The van der Waals surface area contributed by atoms with Crippen molar-refractivity contribution in [3.05, 3.63) is 24.3 Å². The van der Waals surface area contributed by atoms with Gasteiger partial charge in [0.25, 0.3) is 0 Å². The van der Waals surface area contributed by atoms with Gasteiger partial charge in [0, 0.05) is 0 Å². The summed E-state index contributed by atoms with van der Waals surface area (Å²) >= 11 is 0. The average Bonchev–Trinajstić information content (AvgIpc) is 2.41. The minimum absolute atomic E-state index is 0. The molecule has 0 heterocycles. The summed E-state index contributed by atoms with van der Waals surface area (Å²) in [5.41, 5.74) is 0. The van der Waals surface area contributed by atoms with Gasteiger partial charge in [-0.3, -0.25) is 0 Å². The summed E-state index contributed by atoms with van der Waals surface area (Å²) in [5, 5.41) is 0. The van der Waals surface area contributed by atoms with Crippen molar-refractivity contribution in [2.75, 3.05) is 6.61 Å². The molecule has 0 unspecified atom stereocenters. The van der Waals surface area contributed by atoms with E-state index < -0.39 is 10.1 Å². The first-order valence-electron chi connectivity index (χ1n) is 7.23. The SMILES string of the molecule is CCCCCCCCCOc1ccc(S(=O)(=O)[O-])cc1.[Na+]. The molecule has 0 fully saturated rings. The van der Waals surface area contributed by atoms with Crippen LogP contribution in [0.1, 0.15) is 51.9 Å². The van der Waals surface area contributed by atoms with Gasteiger partial charge in [0.05, 0.1) is 11.5 Å². The molecular formula is C15H23NaO4S. The third-order valence-corrected chi connectivity index (χ3v) is 3.98. The van der Waals surface area contributed by atoms with Gasteiger partial charge in [-0.25, -0.2) is 8.42 Å². The van der Waals surface area contributed by atoms with Crippen molar-refractivity contribution in [1.29, 1.82) is 0 Å². The summed E-state index contributed by atoms with van der Waals surface area (Å²) in [7, 11) is -4.37. The molecule has 0 bridgehead atoms. The molecule has 0 amide bonds. The smallest absolute Gasteiger partial charge is 0.744 e. The standard InChI is InChI=1S/C15H24O4S.Na/c1-2-3-4-5-6-7-8-13-19-14-9-11-15(12-10-14)20(16,17)18;/h9-12H,2-8,13H2,1H3,(H,16,17,18);/q;+1/p-1. The minimum atomic E-state index is -4.37. The third-order valence-electron chi connectivity index (χ3n) is 3.13. The zero-order valence-electron chi connectivity index (χ0n) is 13.0. The first kappa shape index (κ1) is 20.9. The normalized spacial score (nSPS) is 11.0. The Morgan fingerprint density at radius 3 is 2.00 bits per heavy atom. The Hall–Kier alpha value is -0.0700. The summed E-state index contributed by atoms with van der Waals surface area (Å²) in [6, 6.07) is 5.60. The molecule has 0 aliphatic carbocycles. The molecule has 0 saturated heterocycles. The maximum atomic E-state index is 10.8. The van der Waals surface area contributed by atoms with Gasteiger partial charge in [-0.1, -0.05) is 45.4 Å². The molecule has 0 radical (unpaired) electrons. The van der Waals surface area contributed by atoms with Crippen molar-refractivity contribution in [2.45, 2.75) is 56.8 Å². The van der Waals surface area contributed by atoms with Crippen LogP contribution in [0.3, 0.4) is 0 Å². The van der Waals surface area contributed by atoms with E-state index >= 15 is 0 Å². The number of ether oxygens (including phenoxy) is 1. The molecule has 0 spiro atoms. The molecule has 0 saturated carbocycles. The van der Waals surface area contributed by atoms with E-state index in [0.717, 1.165) is 12.8 Å². The Balaban J connectivity index is 0.00000400. The van der Waals surface area contributed by atoms with Crippen molar-refractivity contribution in [1.82, 2.24) is 0 Å². The Morgan fingerprint density at radius 1 is 0.952 bits per heavy atom. The molecule has 21 heavy (non-hydrogen) atoms. The second-order valence-electron chi connectivity index (χ2n) is 4.90. The molecule has 0 aliphatic heterocycles. The van der Waals surface area contributed by atoms with Gasteiger partial charge >= 0.3 is 29.6 Å². The van der Waals surface area contributed by atoms with E-state index in [2.05, 4.69) is 6.92 Å². The summed E-state index contributed by atoms with van der Waals surface area (Å²) in [6.07, 6.45) is 8.54. The molecular weight excluding hydrogens is 299 g/mol. The Labute approximate surface area is 150 Å². The van der Waals surface area contributed by atoms with E-state index in [0.29, 0.717) is 12.4 Å². The molecule has 1 aromatic carbocycles. The maximum absolute atomic E-state index is 10.8. The van der Waals surface area contributed by atoms with Crippen LogP contribution in [0.2, 0.25) is 0 Å². The van der Waals surface area contributed by atoms with Crippen LogP contribution in [0.4, 0.5) is 0 Å². The monoisotopic (exact) mass is 322 g/mol. The van der Waals surface area contributed by atoms with Gasteiger partial charge in [0.15, 0.2) is 0 Å². The third kappa shape index (κ3) is 9.53. The van der Waals surface area contributed by atoms with Crippen LogP contribution in [0.5, 0.6) is 5.75 Å². The van der Waals surface area contributed by atoms with Crippen molar-refractivity contribution in [2.24, 2.45) is 0 Å². The summed E-state index contributed by atoms with van der Waals surface area (Å²) < 4.78 is 37.8. The number of hydrogen-bond acceptors (Lipinski definition) is 4. The van der Waals surface area contributed by atoms with Crippen molar-refractivity contribution in [3.8, 4) is 5.75 Å². The van der Waals surface area contributed by atoms with E-state index in [1.807, 2.05) is 0 Å². The van der Waals surface area contributed by atoms with E-state index in [4.69, 9.17) is 4.74 Å². The van der Waals surface area contributed by atoms with E-state index in [1.54, 1.807) is 0 Å². The maximum Gasteiger partial charge on any atom is 1.00 e. The van der Waals surface area contributed by atoms with Crippen LogP contribution >= 0.6 is 0 Å². The molecule has 0 N–H and O–H groups in total. The fourth-order valence-electron chi connectivity index (χ4n) is 1.95. The van der Waals surface area contributed by atoms with Gasteiger partial charge < -0.3 is 9.29 Å². The van der Waals surface area contributed by atoms with Crippen molar-refractivity contribution < 1.29 is 47.3 Å². The molecule has 0 aliphatic rings. The van der Waals surface area contributed by atoms with Gasteiger partial charge in [-0.2, -0.15) is 0 Å². The van der Waals surface area contributed by atoms with Crippen LogP contribution in [-0.4, -0.2) is 19.6 Å². The van der Waals surface area contributed by atoms with Crippen LogP contribution in [0.15, 0.2) is 29.2 Å². The van der Waals surface area contributed by atoms with E-state index in [1.165, 1.54) is 56.4 Å². The van der Waals surface area contributed by atoms with Crippen LogP contribution in [0.25, 0.3) is 0 Å². The summed E-state index contributed by atoms with van der Waals surface area (Å²) in [4.78, 5) is -0.222. The fourth-order valence-corrected chi connectivity index (χ4v) is 2.42.